The number of hydrogen-bond donors (Lipinski definition) is 3. The standard InChI is InChI=1S/C19H23FN2O2/c1-13-8-17(20)11-18(9-13)22-19(24)21-12-16(10-14(2)23)15-6-4-3-5-7-15/h3-9,11,14,16,23H,10,12H2,1-2H3,(H2,21,22,24). The van der Waals surface area contributed by atoms with Crippen LogP contribution in [0, 0.1) is 12.7 Å². The van der Waals surface area contributed by atoms with Crippen LogP contribution in [0.4, 0.5) is 14.9 Å². The molecule has 2 aromatic rings. The Morgan fingerprint density at radius 1 is 1.21 bits per heavy atom. The number of aliphatic hydroxyl groups excluding tert-OH is 1. The van der Waals surface area contributed by atoms with Crippen molar-refractivity contribution in [3.63, 3.8) is 0 Å². The van der Waals surface area contributed by atoms with Crippen LogP contribution in [0.1, 0.15) is 30.4 Å². The van der Waals surface area contributed by atoms with E-state index >= 15 is 0 Å². The molecule has 0 bridgehead atoms. The molecular weight excluding hydrogens is 307 g/mol. The lowest BCUT2D eigenvalue weighted by Gasteiger charge is -2.20. The van der Waals surface area contributed by atoms with Crippen molar-refractivity contribution in [2.24, 2.45) is 0 Å². The van der Waals surface area contributed by atoms with E-state index in [1.165, 1.54) is 12.1 Å². The lowest BCUT2D eigenvalue weighted by Crippen LogP contribution is -2.33. The third kappa shape index (κ3) is 5.66. The molecule has 0 spiro atoms. The molecule has 0 aromatic heterocycles. The second-order valence-electron chi connectivity index (χ2n) is 6.04. The predicted octanol–water partition coefficient (Wildman–Crippen LogP) is 3.81. The lowest BCUT2D eigenvalue weighted by atomic mass is 9.93. The number of halogens is 1. The van der Waals surface area contributed by atoms with E-state index in [4.69, 9.17) is 0 Å². The van der Waals surface area contributed by atoms with Crippen LogP contribution in [0.15, 0.2) is 48.5 Å². The molecule has 2 unspecified atom stereocenters. The maximum atomic E-state index is 13.4. The molecule has 0 radical (unpaired) electrons. The molecule has 0 heterocycles. The van der Waals surface area contributed by atoms with E-state index in [2.05, 4.69) is 10.6 Å². The molecule has 2 atom stereocenters. The Hall–Kier alpha value is -2.40. The average molecular weight is 330 g/mol. The summed E-state index contributed by atoms with van der Waals surface area (Å²) in [6.45, 7) is 3.88. The van der Waals surface area contributed by atoms with Gasteiger partial charge in [-0.25, -0.2) is 9.18 Å². The van der Waals surface area contributed by atoms with Gasteiger partial charge >= 0.3 is 6.03 Å². The van der Waals surface area contributed by atoms with Crippen molar-refractivity contribution in [1.29, 1.82) is 0 Å². The summed E-state index contributed by atoms with van der Waals surface area (Å²) in [6.07, 6.45) is 0.0783. The van der Waals surface area contributed by atoms with Crippen LogP contribution in [0.2, 0.25) is 0 Å². The molecule has 2 amide bonds. The van der Waals surface area contributed by atoms with Crippen LogP contribution in [-0.2, 0) is 0 Å². The van der Waals surface area contributed by atoms with Crippen molar-refractivity contribution in [2.75, 3.05) is 11.9 Å². The molecule has 4 nitrogen and oxygen atoms in total. The summed E-state index contributed by atoms with van der Waals surface area (Å²) >= 11 is 0. The molecule has 3 N–H and O–H groups in total. The van der Waals surface area contributed by atoms with E-state index < -0.39 is 12.1 Å². The number of aryl methyl sites for hydroxylation is 1. The van der Waals surface area contributed by atoms with Crippen LogP contribution in [0.3, 0.4) is 0 Å². The first-order valence-electron chi connectivity index (χ1n) is 7.99. The first-order chi connectivity index (χ1) is 11.4. The summed E-state index contributed by atoms with van der Waals surface area (Å²) in [5.41, 5.74) is 2.21. The second kappa shape index (κ2) is 8.45. The Balaban J connectivity index is 1.96. The first-order valence-corrected chi connectivity index (χ1v) is 7.99. The summed E-state index contributed by atoms with van der Waals surface area (Å²) in [6, 6.07) is 13.7. The van der Waals surface area contributed by atoms with Crippen LogP contribution in [-0.4, -0.2) is 23.8 Å². The van der Waals surface area contributed by atoms with Crippen molar-refractivity contribution >= 4 is 11.7 Å². The number of carbonyl (C=O) groups is 1. The first kappa shape index (κ1) is 17.9. The largest absolute Gasteiger partial charge is 0.393 e. The van der Waals surface area contributed by atoms with Gasteiger partial charge in [0.25, 0.3) is 0 Å². The van der Waals surface area contributed by atoms with E-state index in [-0.39, 0.29) is 11.7 Å². The van der Waals surface area contributed by atoms with Gasteiger partial charge in [0.15, 0.2) is 0 Å². The molecule has 0 aliphatic carbocycles. The minimum Gasteiger partial charge on any atom is -0.393 e. The predicted molar refractivity (Wildman–Crippen MR) is 93.6 cm³/mol. The smallest absolute Gasteiger partial charge is 0.319 e. The number of amides is 2. The quantitative estimate of drug-likeness (QED) is 0.754. The van der Waals surface area contributed by atoms with Crippen LogP contribution >= 0.6 is 0 Å². The maximum Gasteiger partial charge on any atom is 0.319 e. The third-order valence-electron chi connectivity index (χ3n) is 3.71. The molecule has 5 heteroatoms. The van der Waals surface area contributed by atoms with E-state index in [1.807, 2.05) is 30.3 Å². The fourth-order valence-corrected chi connectivity index (χ4v) is 2.67. The molecule has 0 aliphatic heterocycles. The van der Waals surface area contributed by atoms with Gasteiger partial charge in [-0.3, -0.25) is 0 Å². The molecule has 24 heavy (non-hydrogen) atoms. The third-order valence-corrected chi connectivity index (χ3v) is 3.71. The highest BCUT2D eigenvalue weighted by Gasteiger charge is 2.15. The van der Waals surface area contributed by atoms with Gasteiger partial charge < -0.3 is 15.7 Å². The van der Waals surface area contributed by atoms with Crippen molar-refractivity contribution in [3.8, 4) is 0 Å². The summed E-state index contributed by atoms with van der Waals surface area (Å²) in [5, 5.41) is 15.1. The van der Waals surface area contributed by atoms with E-state index in [0.717, 1.165) is 11.1 Å². The van der Waals surface area contributed by atoms with Crippen molar-refractivity contribution in [1.82, 2.24) is 5.32 Å². The minimum absolute atomic E-state index is 0.00574. The van der Waals surface area contributed by atoms with Crippen molar-refractivity contribution in [2.45, 2.75) is 32.3 Å². The fourth-order valence-electron chi connectivity index (χ4n) is 2.67. The molecule has 0 saturated heterocycles. The number of urea groups is 1. The number of carbonyl (C=O) groups excluding carboxylic acids is 1. The SMILES string of the molecule is Cc1cc(F)cc(NC(=O)NCC(CC(C)O)c2ccccc2)c1. The van der Waals surface area contributed by atoms with Crippen LogP contribution < -0.4 is 10.6 Å². The molecule has 2 rings (SSSR count). The van der Waals surface area contributed by atoms with Gasteiger partial charge in [0, 0.05) is 18.2 Å². The molecule has 128 valence electrons. The molecule has 0 fully saturated rings. The Kier molecular flexibility index (Phi) is 6.32. The summed E-state index contributed by atoms with van der Waals surface area (Å²) in [7, 11) is 0. The zero-order chi connectivity index (χ0) is 17.5. The summed E-state index contributed by atoms with van der Waals surface area (Å²) in [4.78, 5) is 12.0. The van der Waals surface area contributed by atoms with Gasteiger partial charge in [-0.1, -0.05) is 30.3 Å². The Labute approximate surface area is 141 Å². The number of rotatable bonds is 6. The van der Waals surface area contributed by atoms with Crippen LogP contribution in [0.25, 0.3) is 0 Å². The molecule has 0 saturated carbocycles. The minimum atomic E-state index is -0.467. The summed E-state index contributed by atoms with van der Waals surface area (Å²) < 4.78 is 13.4. The number of nitrogens with one attached hydrogen (secondary N) is 2. The molecule has 2 aromatic carbocycles. The normalized spacial score (nSPS) is 13.2. The number of aliphatic hydroxyl groups is 1. The van der Waals surface area contributed by atoms with Crippen molar-refractivity contribution < 1.29 is 14.3 Å². The number of hydrogen-bond acceptors (Lipinski definition) is 2. The van der Waals surface area contributed by atoms with Gasteiger partial charge in [-0.2, -0.15) is 0 Å². The maximum absolute atomic E-state index is 13.4. The topological polar surface area (TPSA) is 61.4 Å². The average Bonchev–Trinajstić information content (AvgIpc) is 2.51. The van der Waals surface area contributed by atoms with E-state index in [9.17, 15) is 14.3 Å². The lowest BCUT2D eigenvalue weighted by molar-refractivity contribution is 0.173. The van der Waals surface area contributed by atoms with E-state index in [0.29, 0.717) is 18.7 Å². The Bertz CT molecular complexity index is 654. The monoisotopic (exact) mass is 330 g/mol. The molecule has 0 aliphatic rings. The van der Waals surface area contributed by atoms with Gasteiger partial charge in [-0.15, -0.1) is 0 Å². The fraction of sp³-hybridized carbons (Fsp3) is 0.316. The highest BCUT2D eigenvalue weighted by atomic mass is 19.1. The number of benzene rings is 2. The van der Waals surface area contributed by atoms with E-state index in [1.54, 1.807) is 19.9 Å². The van der Waals surface area contributed by atoms with Gasteiger partial charge in [0.2, 0.25) is 0 Å². The Morgan fingerprint density at radius 3 is 2.54 bits per heavy atom. The second-order valence-corrected chi connectivity index (χ2v) is 6.04. The van der Waals surface area contributed by atoms with Gasteiger partial charge in [0.05, 0.1) is 6.10 Å². The highest BCUT2D eigenvalue weighted by molar-refractivity contribution is 5.89. The van der Waals surface area contributed by atoms with Crippen LogP contribution in [0.5, 0.6) is 0 Å². The highest BCUT2D eigenvalue weighted by Crippen LogP contribution is 2.20. The number of anilines is 1. The zero-order valence-corrected chi connectivity index (χ0v) is 13.9. The van der Waals surface area contributed by atoms with Gasteiger partial charge in [-0.05, 0) is 49.6 Å². The summed E-state index contributed by atoms with van der Waals surface area (Å²) in [5.74, 6) is -0.382. The zero-order valence-electron chi connectivity index (χ0n) is 13.9. The molecular formula is C19H23FN2O2. The Morgan fingerprint density at radius 2 is 1.92 bits per heavy atom. The van der Waals surface area contributed by atoms with Gasteiger partial charge in [0.1, 0.15) is 5.82 Å². The van der Waals surface area contributed by atoms with Crippen molar-refractivity contribution in [3.05, 3.63) is 65.5 Å².